The van der Waals surface area contributed by atoms with Crippen molar-refractivity contribution in [3.05, 3.63) is 117 Å². The van der Waals surface area contributed by atoms with E-state index in [-0.39, 0.29) is 44.5 Å². The molecule has 56 heavy (non-hydrogen) atoms. The Labute approximate surface area is 410 Å². The molecular formula is C52H72O4. The van der Waals surface area contributed by atoms with E-state index >= 15 is 0 Å². The van der Waals surface area contributed by atoms with Crippen molar-refractivity contribution in [3.8, 4) is 23.0 Å². The van der Waals surface area contributed by atoms with Crippen molar-refractivity contribution in [1.29, 1.82) is 0 Å². The first-order chi connectivity index (χ1) is 46.4. The second-order valence-corrected chi connectivity index (χ2v) is 11.3. The van der Waals surface area contributed by atoms with Gasteiger partial charge in [-0.2, -0.15) is 0 Å². The minimum Gasteiger partial charge on any atom is -0.507 e. The highest BCUT2D eigenvalue weighted by molar-refractivity contribution is 5.55. The molecule has 0 atom stereocenters. The maximum atomic E-state index is 12.1. The maximum absolute atomic E-state index is 12.1. The van der Waals surface area contributed by atoms with Gasteiger partial charge >= 0.3 is 0 Å². The van der Waals surface area contributed by atoms with Crippen LogP contribution in [0.3, 0.4) is 0 Å². The molecule has 0 spiro atoms. The van der Waals surface area contributed by atoms with Crippen LogP contribution in [0, 0.1) is 0 Å². The van der Waals surface area contributed by atoms with Gasteiger partial charge in [0.25, 0.3) is 0 Å². The third-order valence-corrected chi connectivity index (χ3v) is 7.82. The molecule has 0 amide bonds. The van der Waals surface area contributed by atoms with E-state index in [1.807, 2.05) is 0 Å². The van der Waals surface area contributed by atoms with Gasteiger partial charge in [-0.1, -0.05) is 201 Å². The second-order valence-electron chi connectivity index (χ2n) is 11.3. The first-order valence-electron chi connectivity index (χ1n) is 41.6. The molecule has 5 rings (SSSR count). The second kappa shape index (κ2) is 24.7. The third kappa shape index (κ3) is 13.6. The molecule has 304 valence electrons. The van der Waals surface area contributed by atoms with Crippen molar-refractivity contribution in [2.75, 3.05) is 13.1 Å². The van der Waals surface area contributed by atoms with Crippen LogP contribution in [-0.2, 0) is 25.7 Å². The average molecular weight is 811 g/mol. The summed E-state index contributed by atoms with van der Waals surface area (Å²) in [5.41, 5.74) is -1.95. The van der Waals surface area contributed by atoms with E-state index in [0.29, 0.717) is 0 Å². The quantitative estimate of drug-likeness (QED) is 0.0652. The summed E-state index contributed by atoms with van der Waals surface area (Å²) >= 11 is 0. The summed E-state index contributed by atoms with van der Waals surface area (Å²) in [6.45, 7) is -17.1. The smallest absolute Gasteiger partial charge is 0.126 e. The molecule has 4 nitrogen and oxygen atoms in total. The summed E-state index contributed by atoms with van der Waals surface area (Å²) in [7, 11) is 0. The van der Waals surface area contributed by atoms with E-state index < -0.39 is 203 Å². The summed E-state index contributed by atoms with van der Waals surface area (Å²) in [4.78, 5) is 0. The van der Waals surface area contributed by atoms with Gasteiger partial charge in [0, 0.05) is 88.7 Å². The number of aromatic hydroxyl groups is 2. The van der Waals surface area contributed by atoms with Crippen LogP contribution in [0.15, 0.2) is 72.8 Å². The summed E-state index contributed by atoms with van der Waals surface area (Å²) in [6.07, 6.45) is -101. The first kappa shape index (κ1) is 12.1. The number of rotatable bonds is 24. The standard InChI is InChI=1S/C52H72O4/c1-3-5-7-9-11-13-15-17-19-21-35-55-51-45-31-25-32-46(51)38-42-28-24-30-44(50(42)54)40-48-34-26-33-47(39-43-29-23-27-41(37-45)49(43)53)52(48)56-36-22-20-18-16-14-12-10-8-6-4-2/h23-34,53-54H,3-22,35-40H2,1-2H3/i1D3,2D3,3D2,4D2,5D2,6D2,7D2,8D2,9D2,10D2,11D2,12D2,13D2,14D2,15D2,16D2,17D2,18D2,19D2,20D2,21D2,22D2,35D2,36D2. The van der Waals surface area contributed by atoms with E-state index in [2.05, 4.69) is 0 Å². The number of para-hydroxylation sites is 4. The molecule has 4 heteroatoms. The Hall–Kier alpha value is -3.92. The van der Waals surface area contributed by atoms with Crippen LogP contribution in [0.2, 0.25) is 0 Å². The van der Waals surface area contributed by atoms with Crippen molar-refractivity contribution in [2.45, 2.75) is 167 Å². The molecule has 0 heterocycles. The zero-order valence-electron chi connectivity index (χ0n) is 79.5. The lowest BCUT2D eigenvalue weighted by Crippen LogP contribution is -2.07. The van der Waals surface area contributed by atoms with Crippen LogP contribution in [0.5, 0.6) is 23.0 Å². The Bertz CT molecular complexity index is 3580. The van der Waals surface area contributed by atoms with Crippen LogP contribution in [0.4, 0.5) is 0 Å². The third-order valence-electron chi connectivity index (χ3n) is 7.82. The minimum atomic E-state index is -5.11. The predicted molar refractivity (Wildman–Crippen MR) is 235 cm³/mol. The van der Waals surface area contributed by atoms with Gasteiger partial charge < -0.3 is 19.7 Å². The number of fused-ring (bicyclic) bond motifs is 8. The summed E-state index contributed by atoms with van der Waals surface area (Å²) in [5, 5.41) is 24.2. The number of phenolic OH excluding ortho intramolecular Hbond substituents is 2. The van der Waals surface area contributed by atoms with Crippen LogP contribution < -0.4 is 9.47 Å². The van der Waals surface area contributed by atoms with E-state index in [4.69, 9.17) is 78.0 Å². The Balaban J connectivity index is 1.65. The van der Waals surface area contributed by atoms with Crippen LogP contribution >= 0.6 is 0 Å². The Morgan fingerprint density at radius 1 is 0.393 bits per heavy atom. The highest BCUT2D eigenvalue weighted by atomic mass is 16.5. The molecule has 8 bridgehead atoms. The maximum Gasteiger partial charge on any atom is 0.126 e. The van der Waals surface area contributed by atoms with Crippen molar-refractivity contribution >= 4 is 0 Å². The van der Waals surface area contributed by atoms with Crippen molar-refractivity contribution in [2.24, 2.45) is 0 Å². The molecule has 0 aromatic heterocycles. The molecule has 0 unspecified atom stereocenters. The number of benzene rings is 4. The molecule has 4 aromatic rings. The zero-order chi connectivity index (χ0) is 83.7. The van der Waals surface area contributed by atoms with Gasteiger partial charge in [-0.3, -0.25) is 0 Å². The largest absolute Gasteiger partial charge is 0.507 e. The molecule has 0 radical (unpaired) electrons. The molecule has 0 fully saturated rings. The van der Waals surface area contributed by atoms with Crippen LogP contribution in [0.1, 0.15) is 254 Å². The van der Waals surface area contributed by atoms with Crippen molar-refractivity contribution in [3.63, 3.8) is 0 Å². The van der Waals surface area contributed by atoms with Gasteiger partial charge in [-0.05, 0) is 57.3 Å². The minimum absolute atomic E-state index is 0.193. The molecule has 1 aliphatic rings. The topological polar surface area (TPSA) is 58.9 Å². The lowest BCUT2D eigenvalue weighted by molar-refractivity contribution is 0.299. The highest BCUT2D eigenvalue weighted by Gasteiger charge is 2.20. The number of ether oxygens (including phenoxy) is 2. The summed E-state index contributed by atoms with van der Waals surface area (Å²) < 4.78 is 433. The Kier molecular flexibility index (Phi) is 5.32. The van der Waals surface area contributed by atoms with E-state index in [9.17, 15) is 10.2 Å². The summed E-state index contributed by atoms with van der Waals surface area (Å²) in [6, 6.07) is 14.7. The lowest BCUT2D eigenvalue weighted by atomic mass is 9.91. The van der Waals surface area contributed by atoms with Gasteiger partial charge in [0.1, 0.15) is 23.0 Å². The van der Waals surface area contributed by atoms with Gasteiger partial charge in [0.15, 0.2) is 0 Å². The van der Waals surface area contributed by atoms with E-state index in [0.717, 1.165) is 24.3 Å². The zero-order valence-corrected chi connectivity index (χ0v) is 29.5. The van der Waals surface area contributed by atoms with Gasteiger partial charge in [-0.25, -0.2) is 0 Å². The molecular weight excluding hydrogens is 689 g/mol. The van der Waals surface area contributed by atoms with Crippen molar-refractivity contribution in [1.82, 2.24) is 0 Å². The number of hydrogen-bond acceptors (Lipinski definition) is 4. The number of hydrogen-bond donors (Lipinski definition) is 2. The number of phenols is 2. The van der Waals surface area contributed by atoms with Gasteiger partial charge in [0.05, 0.1) is 18.6 Å². The average Bonchev–Trinajstić information content (AvgIpc) is 0.688. The Morgan fingerprint density at radius 3 is 0.929 bits per heavy atom. The van der Waals surface area contributed by atoms with Crippen LogP contribution in [-0.4, -0.2) is 23.3 Å². The fraction of sp³-hybridized carbons (Fsp3) is 0.538. The molecule has 0 saturated heterocycles. The van der Waals surface area contributed by atoms with E-state index in [1.54, 1.807) is 0 Å². The van der Waals surface area contributed by atoms with Gasteiger partial charge in [-0.15, -0.1) is 0 Å². The Morgan fingerprint density at radius 2 is 0.643 bits per heavy atom. The van der Waals surface area contributed by atoms with Gasteiger partial charge in [0.2, 0.25) is 0 Å². The monoisotopic (exact) mass is 811 g/mol. The van der Waals surface area contributed by atoms with Crippen molar-refractivity contribution < 1.29 is 88.2 Å². The first-order valence-corrected chi connectivity index (χ1v) is 16.6. The fourth-order valence-electron chi connectivity index (χ4n) is 5.48. The normalized spacial score (nSPS) is 31.8. The summed E-state index contributed by atoms with van der Waals surface area (Å²) in [5.74, 6) is -3.01. The highest BCUT2D eigenvalue weighted by Crippen LogP contribution is 2.38. The molecule has 2 N–H and O–H groups in total. The molecule has 0 aliphatic heterocycles. The fourth-order valence-corrected chi connectivity index (χ4v) is 5.48. The predicted octanol–water partition coefficient (Wildman–Crippen LogP) is 14.4. The lowest BCUT2D eigenvalue weighted by Gasteiger charge is -2.20. The van der Waals surface area contributed by atoms with Crippen LogP contribution in [0.25, 0.3) is 0 Å². The molecule has 1 aliphatic carbocycles. The SMILES string of the molecule is [2H]C([2H])([2H])C([2H])([2H])C([2H])([2H])C([2H])([2H])C([2H])([2H])C([2H])([2H])C([2H])([2H])C([2H])([2H])C([2H])([2H])C([2H])([2H])C([2H])([2H])C([2H])([2H])Oc1c2cccc1Cc1cccc(c1O)Cc1cccc(c1OC([2H])([2H])C([2H])([2H])C([2H])([2H])C([2H])([2H])C([2H])([2H])C([2H])([2H])C([2H])([2H])C([2H])([2H])C([2H])([2H])C([2H])([2H])C([2H])([2H])C([2H])([2H])[2H])Cc1cccc(c1O)C2. The molecule has 4 aromatic carbocycles. The molecule has 0 saturated carbocycles. The van der Waals surface area contributed by atoms with E-state index in [1.165, 1.54) is 48.5 Å².